The van der Waals surface area contributed by atoms with Gasteiger partial charge in [0, 0.05) is 0 Å². The Hall–Kier alpha value is 0. The lowest BCUT2D eigenvalue weighted by Crippen LogP contribution is -2.54. The molecule has 0 heteroatoms. The first-order valence-electron chi connectivity index (χ1n) is 29.2. The minimum Gasteiger partial charge on any atom is -0.0654 e. The molecule has 10 aliphatic rings. The van der Waals surface area contributed by atoms with Crippen molar-refractivity contribution in [2.45, 2.75) is 251 Å². The van der Waals surface area contributed by atoms with Crippen LogP contribution in [0.2, 0.25) is 0 Å². The van der Waals surface area contributed by atoms with Crippen LogP contribution in [0.15, 0.2) is 0 Å². The van der Waals surface area contributed by atoms with Gasteiger partial charge >= 0.3 is 0 Å². The highest BCUT2D eigenvalue weighted by Crippen LogP contribution is 2.65. The second-order valence-corrected chi connectivity index (χ2v) is 25.7. The predicted octanol–water partition coefficient (Wildman–Crippen LogP) is 17.9. The smallest absolute Gasteiger partial charge is 0.0323 e. The van der Waals surface area contributed by atoms with Gasteiger partial charge in [-0.05, 0) is 247 Å². The van der Waals surface area contributed by atoms with E-state index in [0.29, 0.717) is 0 Å². The van der Waals surface area contributed by atoms with E-state index in [1.165, 1.54) is 25.7 Å². The molecule has 0 aromatic heterocycles. The minimum absolute atomic E-state index is 0.981. The molecule has 10 fully saturated rings. The van der Waals surface area contributed by atoms with E-state index in [4.69, 9.17) is 0 Å². The molecule has 0 aromatic rings. The second-order valence-electron chi connectivity index (χ2n) is 25.7. The van der Waals surface area contributed by atoms with E-state index in [0.717, 1.165) is 118 Å². The SMILES string of the molecule is CCCC[C@H](C)C1CCC(C2C3CCCCC3C(C3CCC(C4C5CCCC[C@H]5C(C5CCC(C6CCCCC6)CC5)C5CCCCC[C@H]54)CC3)C3CCCC[C@H]32)CC1. The summed E-state index contributed by atoms with van der Waals surface area (Å²) in [5.41, 5.74) is 0. The van der Waals surface area contributed by atoms with E-state index >= 15 is 0 Å². The van der Waals surface area contributed by atoms with E-state index in [-0.39, 0.29) is 0 Å². The van der Waals surface area contributed by atoms with Crippen LogP contribution in [0.5, 0.6) is 0 Å². The summed E-state index contributed by atoms with van der Waals surface area (Å²) in [7, 11) is 0. The summed E-state index contributed by atoms with van der Waals surface area (Å²) in [4.78, 5) is 0. The average molecular weight is 809 g/mol. The maximum atomic E-state index is 2.63. The average Bonchev–Trinajstić information content (AvgIpc) is 3.56. The number of hydrogen-bond donors (Lipinski definition) is 0. The first kappa shape index (κ1) is 42.9. The van der Waals surface area contributed by atoms with Crippen LogP contribution in [0.1, 0.15) is 251 Å². The molecule has 0 saturated heterocycles. The molecule has 0 heterocycles. The zero-order valence-corrected chi connectivity index (χ0v) is 39.7. The molecular formula is C59H100. The summed E-state index contributed by atoms with van der Waals surface area (Å²) in [6.07, 6.45) is 59.0. The highest BCUT2D eigenvalue weighted by atomic mass is 14.6. The largest absolute Gasteiger partial charge is 0.0654 e. The zero-order valence-electron chi connectivity index (χ0n) is 39.7. The van der Waals surface area contributed by atoms with Crippen LogP contribution < -0.4 is 0 Å². The fourth-order valence-electron chi connectivity index (χ4n) is 21.2. The Morgan fingerprint density at radius 3 is 0.864 bits per heavy atom. The van der Waals surface area contributed by atoms with Gasteiger partial charge < -0.3 is 0 Å². The van der Waals surface area contributed by atoms with Gasteiger partial charge in [-0.2, -0.15) is 0 Å². The van der Waals surface area contributed by atoms with Crippen LogP contribution in [-0.4, -0.2) is 0 Å². The molecule has 59 heavy (non-hydrogen) atoms. The van der Waals surface area contributed by atoms with Gasteiger partial charge in [-0.15, -0.1) is 0 Å². The normalized spacial score (nSPS) is 49.3. The lowest BCUT2D eigenvalue weighted by Gasteiger charge is -2.61. The fraction of sp³-hybridized carbons (Fsp3) is 1.00. The molecule has 0 bridgehead atoms. The van der Waals surface area contributed by atoms with E-state index in [1.54, 1.807) is 212 Å². The van der Waals surface area contributed by atoms with Gasteiger partial charge in [0.25, 0.3) is 0 Å². The Balaban J connectivity index is 0.831. The highest BCUT2D eigenvalue weighted by molar-refractivity contribution is 5.07. The van der Waals surface area contributed by atoms with Crippen LogP contribution in [0.4, 0.5) is 0 Å². The van der Waals surface area contributed by atoms with Gasteiger partial charge in [0.05, 0.1) is 0 Å². The van der Waals surface area contributed by atoms with Crippen LogP contribution in [0.25, 0.3) is 0 Å². The van der Waals surface area contributed by atoms with Gasteiger partial charge in [0.1, 0.15) is 0 Å². The fourth-order valence-corrected chi connectivity index (χ4v) is 21.2. The van der Waals surface area contributed by atoms with E-state index < -0.39 is 0 Å². The Labute approximate surface area is 368 Å². The third kappa shape index (κ3) is 8.89. The molecule has 9 unspecified atom stereocenters. The Kier molecular flexibility index (Phi) is 14.6. The Bertz CT molecular complexity index is 1230. The van der Waals surface area contributed by atoms with Crippen molar-refractivity contribution in [2.24, 2.45) is 118 Å². The maximum absolute atomic E-state index is 2.63. The number of fused-ring (bicyclic) bond motifs is 4. The van der Waals surface area contributed by atoms with Gasteiger partial charge in [0.15, 0.2) is 0 Å². The molecule has 0 amide bonds. The van der Waals surface area contributed by atoms with Gasteiger partial charge in [-0.25, -0.2) is 0 Å². The standard InChI is InChI=1S/C59H100/c1-3-4-17-40(2)41-28-32-44(33-29-41)56-50-22-11-15-26-54(50)59(55-27-16-12-23-51(55)56)47-38-36-46(37-39-47)58-49-21-10-6-9-20-48(49)57(52-24-13-14-25-53(52)58)45-34-30-43(31-35-45)42-18-7-5-8-19-42/h40-59H,3-39H2,1-2H3/t40-,41?,43?,44?,45?,46?,47?,48?,49+,50+,51?,52+,53?,54?,55?,56?,57?,58?,59?/m0/s1. The van der Waals surface area contributed by atoms with Crippen molar-refractivity contribution in [3.63, 3.8) is 0 Å². The Morgan fingerprint density at radius 2 is 0.542 bits per heavy atom. The summed E-state index contributed by atoms with van der Waals surface area (Å²) in [5, 5.41) is 0. The molecule has 10 aliphatic carbocycles. The molecule has 13 atom stereocenters. The topological polar surface area (TPSA) is 0 Å². The predicted molar refractivity (Wildman–Crippen MR) is 252 cm³/mol. The zero-order chi connectivity index (χ0) is 39.7. The summed E-state index contributed by atoms with van der Waals surface area (Å²) < 4.78 is 0. The highest BCUT2D eigenvalue weighted by Gasteiger charge is 2.58. The number of rotatable bonds is 9. The molecule has 0 aliphatic heterocycles. The van der Waals surface area contributed by atoms with Crippen LogP contribution in [0, 0.1) is 118 Å². The third-order valence-electron chi connectivity index (χ3n) is 23.5. The summed E-state index contributed by atoms with van der Waals surface area (Å²) in [6, 6.07) is 0. The molecule has 0 N–H and O–H groups in total. The molecular weight excluding hydrogens is 709 g/mol. The van der Waals surface area contributed by atoms with E-state index in [9.17, 15) is 0 Å². The third-order valence-corrected chi connectivity index (χ3v) is 23.5. The summed E-state index contributed by atoms with van der Waals surface area (Å²) >= 11 is 0. The molecule has 10 rings (SSSR count). The van der Waals surface area contributed by atoms with Crippen molar-refractivity contribution in [3.8, 4) is 0 Å². The molecule has 10 saturated carbocycles. The van der Waals surface area contributed by atoms with Crippen molar-refractivity contribution < 1.29 is 0 Å². The van der Waals surface area contributed by atoms with Gasteiger partial charge in [-0.3, -0.25) is 0 Å². The monoisotopic (exact) mass is 809 g/mol. The maximum Gasteiger partial charge on any atom is -0.0323 e. The van der Waals surface area contributed by atoms with Crippen molar-refractivity contribution in [2.75, 3.05) is 0 Å². The van der Waals surface area contributed by atoms with Gasteiger partial charge in [0.2, 0.25) is 0 Å². The molecule has 0 nitrogen and oxygen atoms in total. The molecule has 0 radical (unpaired) electrons. The number of unbranched alkanes of at least 4 members (excludes halogenated alkanes) is 1. The van der Waals surface area contributed by atoms with E-state index in [1.807, 2.05) is 0 Å². The van der Waals surface area contributed by atoms with Crippen LogP contribution >= 0.6 is 0 Å². The second kappa shape index (κ2) is 20.0. The summed E-state index contributed by atoms with van der Waals surface area (Å²) in [6.45, 7) is 5.03. The number of hydrogen-bond acceptors (Lipinski definition) is 0. The summed E-state index contributed by atoms with van der Waals surface area (Å²) in [5.74, 6) is 22.1. The minimum atomic E-state index is 0.981. The van der Waals surface area contributed by atoms with Crippen LogP contribution in [0.3, 0.4) is 0 Å². The lowest BCUT2D eigenvalue weighted by atomic mass is 9.44. The molecule has 0 aromatic carbocycles. The van der Waals surface area contributed by atoms with Crippen molar-refractivity contribution in [3.05, 3.63) is 0 Å². The van der Waals surface area contributed by atoms with E-state index in [2.05, 4.69) is 13.8 Å². The van der Waals surface area contributed by atoms with Crippen molar-refractivity contribution >= 4 is 0 Å². The first-order valence-corrected chi connectivity index (χ1v) is 29.2. The van der Waals surface area contributed by atoms with Crippen molar-refractivity contribution in [1.82, 2.24) is 0 Å². The van der Waals surface area contributed by atoms with Crippen molar-refractivity contribution in [1.29, 1.82) is 0 Å². The molecule has 336 valence electrons. The first-order chi connectivity index (χ1) is 29.2. The molecule has 0 spiro atoms. The Morgan fingerprint density at radius 1 is 0.288 bits per heavy atom. The lowest BCUT2D eigenvalue weighted by molar-refractivity contribution is -0.125. The quantitative estimate of drug-likeness (QED) is 0.218. The van der Waals surface area contributed by atoms with Crippen LogP contribution in [-0.2, 0) is 0 Å². The van der Waals surface area contributed by atoms with Gasteiger partial charge in [-0.1, -0.05) is 123 Å².